The van der Waals surface area contributed by atoms with Crippen molar-refractivity contribution in [2.75, 3.05) is 14.2 Å². The summed E-state index contributed by atoms with van der Waals surface area (Å²) in [5, 5.41) is 0. The minimum atomic E-state index is 0.690. The average Bonchev–Trinajstić information content (AvgIpc) is 2.85. The van der Waals surface area contributed by atoms with Crippen LogP contribution in [-0.4, -0.2) is 20.5 Å². The summed E-state index contributed by atoms with van der Waals surface area (Å²) < 4.78 is 10.8. The Balaban J connectivity index is 2.63. The second kappa shape index (κ2) is 5.23. The summed E-state index contributed by atoms with van der Waals surface area (Å²) in [5.41, 5.74) is 1.96. The van der Waals surface area contributed by atoms with E-state index in [0.29, 0.717) is 4.88 Å². The molecule has 0 saturated carbocycles. The van der Waals surface area contributed by atoms with Gasteiger partial charge in [0, 0.05) is 4.88 Å². The average molecular weight is 262 g/mol. The van der Waals surface area contributed by atoms with Crippen molar-refractivity contribution in [2.45, 2.75) is 6.92 Å². The zero-order chi connectivity index (χ0) is 13.1. The van der Waals surface area contributed by atoms with Crippen molar-refractivity contribution in [1.82, 2.24) is 0 Å². The minimum Gasteiger partial charge on any atom is -0.496 e. The quantitative estimate of drug-likeness (QED) is 0.790. The van der Waals surface area contributed by atoms with E-state index in [0.717, 1.165) is 33.8 Å². The van der Waals surface area contributed by atoms with Gasteiger partial charge in [0.25, 0.3) is 0 Å². The third-order valence-corrected chi connectivity index (χ3v) is 3.67. The number of methoxy groups -OCH3 is 2. The lowest BCUT2D eigenvalue weighted by Crippen LogP contribution is -1.93. The number of rotatable bonds is 4. The SMILES string of the molecule is COc1cc(C)cc(OC)c1-c1ccc(C=O)s1. The predicted octanol–water partition coefficient (Wildman–Crippen LogP) is 3.55. The van der Waals surface area contributed by atoms with Crippen molar-refractivity contribution in [3.8, 4) is 21.9 Å². The van der Waals surface area contributed by atoms with Crippen LogP contribution in [-0.2, 0) is 0 Å². The fourth-order valence-corrected chi connectivity index (χ4v) is 2.71. The molecule has 3 nitrogen and oxygen atoms in total. The van der Waals surface area contributed by atoms with E-state index < -0.39 is 0 Å². The molecule has 2 aromatic rings. The molecule has 1 heterocycles. The largest absolute Gasteiger partial charge is 0.496 e. The van der Waals surface area contributed by atoms with Crippen LogP contribution in [0.2, 0.25) is 0 Å². The van der Waals surface area contributed by atoms with Crippen molar-refractivity contribution in [2.24, 2.45) is 0 Å². The van der Waals surface area contributed by atoms with E-state index in [4.69, 9.17) is 9.47 Å². The normalized spacial score (nSPS) is 10.2. The summed E-state index contributed by atoms with van der Waals surface area (Å²) in [6.45, 7) is 1.99. The number of hydrogen-bond donors (Lipinski definition) is 0. The van der Waals surface area contributed by atoms with Gasteiger partial charge in [-0.2, -0.15) is 0 Å². The molecule has 0 radical (unpaired) electrons. The maximum absolute atomic E-state index is 10.8. The van der Waals surface area contributed by atoms with Gasteiger partial charge in [0.05, 0.1) is 24.7 Å². The Morgan fingerprint density at radius 2 is 1.72 bits per heavy atom. The molecule has 0 amide bonds. The number of carbonyl (C=O) groups is 1. The van der Waals surface area contributed by atoms with Gasteiger partial charge in [-0.15, -0.1) is 11.3 Å². The van der Waals surface area contributed by atoms with Gasteiger partial charge in [0.15, 0.2) is 6.29 Å². The molecule has 2 rings (SSSR count). The van der Waals surface area contributed by atoms with Crippen molar-refractivity contribution in [1.29, 1.82) is 0 Å². The first-order chi connectivity index (χ1) is 8.69. The van der Waals surface area contributed by atoms with Crippen LogP contribution < -0.4 is 9.47 Å². The molecule has 0 bridgehead atoms. The summed E-state index contributed by atoms with van der Waals surface area (Å²) >= 11 is 1.42. The van der Waals surface area contributed by atoms with E-state index in [1.54, 1.807) is 20.3 Å². The highest BCUT2D eigenvalue weighted by Crippen LogP contribution is 2.42. The molecular formula is C14H14O3S. The molecule has 4 heteroatoms. The Labute approximate surface area is 110 Å². The van der Waals surface area contributed by atoms with Gasteiger partial charge in [0.2, 0.25) is 0 Å². The molecule has 0 spiro atoms. The van der Waals surface area contributed by atoms with Gasteiger partial charge in [-0.25, -0.2) is 0 Å². The molecule has 18 heavy (non-hydrogen) atoms. The Hall–Kier alpha value is -1.81. The van der Waals surface area contributed by atoms with E-state index in [1.165, 1.54) is 11.3 Å². The topological polar surface area (TPSA) is 35.5 Å². The number of benzene rings is 1. The lowest BCUT2D eigenvalue weighted by Gasteiger charge is -2.13. The molecular weight excluding hydrogens is 248 g/mol. The first-order valence-corrected chi connectivity index (χ1v) is 6.29. The highest BCUT2D eigenvalue weighted by atomic mass is 32.1. The number of hydrogen-bond acceptors (Lipinski definition) is 4. The van der Waals surface area contributed by atoms with Crippen LogP contribution in [0.15, 0.2) is 24.3 Å². The van der Waals surface area contributed by atoms with Crippen molar-refractivity contribution < 1.29 is 14.3 Å². The fourth-order valence-electron chi connectivity index (χ4n) is 1.84. The summed E-state index contributed by atoms with van der Waals surface area (Å²) in [4.78, 5) is 12.4. The number of thiophene rings is 1. The molecule has 0 atom stereocenters. The maximum atomic E-state index is 10.8. The third kappa shape index (κ3) is 2.24. The van der Waals surface area contributed by atoms with Gasteiger partial charge in [-0.1, -0.05) is 0 Å². The monoisotopic (exact) mass is 262 g/mol. The van der Waals surface area contributed by atoms with Crippen LogP contribution in [0.1, 0.15) is 15.2 Å². The first kappa shape index (κ1) is 12.6. The molecule has 0 fully saturated rings. The smallest absolute Gasteiger partial charge is 0.160 e. The molecule has 0 aliphatic rings. The standard InChI is InChI=1S/C14H14O3S/c1-9-6-11(16-2)14(12(7-9)17-3)13-5-4-10(8-15)18-13/h4-8H,1-3H3. The molecule has 0 N–H and O–H groups in total. The summed E-state index contributed by atoms with van der Waals surface area (Å²) in [7, 11) is 3.26. The molecule has 0 unspecified atom stereocenters. The Morgan fingerprint density at radius 1 is 1.11 bits per heavy atom. The number of ether oxygens (including phenoxy) is 2. The zero-order valence-electron chi connectivity index (χ0n) is 10.5. The van der Waals surface area contributed by atoms with Gasteiger partial charge in [0.1, 0.15) is 11.5 Å². The lowest BCUT2D eigenvalue weighted by molar-refractivity contribution is 0.112. The molecule has 94 valence electrons. The van der Waals surface area contributed by atoms with Crippen LogP contribution in [0, 0.1) is 6.92 Å². The zero-order valence-corrected chi connectivity index (χ0v) is 11.3. The maximum Gasteiger partial charge on any atom is 0.160 e. The van der Waals surface area contributed by atoms with Gasteiger partial charge < -0.3 is 9.47 Å². The highest BCUT2D eigenvalue weighted by Gasteiger charge is 2.15. The second-order valence-electron chi connectivity index (χ2n) is 3.86. The predicted molar refractivity (Wildman–Crippen MR) is 73.0 cm³/mol. The van der Waals surface area contributed by atoms with Crippen LogP contribution in [0.25, 0.3) is 10.4 Å². The third-order valence-electron chi connectivity index (χ3n) is 2.64. The van der Waals surface area contributed by atoms with E-state index >= 15 is 0 Å². The molecule has 0 saturated heterocycles. The van der Waals surface area contributed by atoms with Crippen molar-refractivity contribution in [3.63, 3.8) is 0 Å². The molecule has 0 aliphatic carbocycles. The first-order valence-electron chi connectivity index (χ1n) is 5.47. The van der Waals surface area contributed by atoms with E-state index in [2.05, 4.69) is 0 Å². The van der Waals surface area contributed by atoms with Crippen LogP contribution in [0.5, 0.6) is 11.5 Å². The highest BCUT2D eigenvalue weighted by molar-refractivity contribution is 7.17. The lowest BCUT2D eigenvalue weighted by atomic mass is 10.1. The minimum absolute atomic E-state index is 0.690. The Morgan fingerprint density at radius 3 is 2.17 bits per heavy atom. The fraction of sp³-hybridized carbons (Fsp3) is 0.214. The van der Waals surface area contributed by atoms with Crippen LogP contribution in [0.4, 0.5) is 0 Å². The van der Waals surface area contributed by atoms with Gasteiger partial charge >= 0.3 is 0 Å². The van der Waals surface area contributed by atoms with Crippen LogP contribution >= 0.6 is 11.3 Å². The van der Waals surface area contributed by atoms with Gasteiger partial charge in [-0.05, 0) is 36.8 Å². The van der Waals surface area contributed by atoms with E-state index in [1.807, 2.05) is 25.1 Å². The summed E-state index contributed by atoms with van der Waals surface area (Å²) in [5.74, 6) is 1.51. The Bertz CT molecular complexity index is 547. The summed E-state index contributed by atoms with van der Waals surface area (Å²) in [6.07, 6.45) is 0.849. The second-order valence-corrected chi connectivity index (χ2v) is 4.98. The molecule has 1 aromatic heterocycles. The van der Waals surface area contributed by atoms with Gasteiger partial charge in [-0.3, -0.25) is 4.79 Å². The number of aldehydes is 1. The number of aryl methyl sites for hydroxylation is 1. The Kier molecular flexibility index (Phi) is 3.67. The summed E-state index contributed by atoms with van der Waals surface area (Å²) in [6, 6.07) is 7.62. The van der Waals surface area contributed by atoms with Crippen molar-refractivity contribution >= 4 is 17.6 Å². The molecule has 0 aliphatic heterocycles. The molecule has 1 aromatic carbocycles. The van der Waals surface area contributed by atoms with Crippen LogP contribution in [0.3, 0.4) is 0 Å². The number of carbonyl (C=O) groups excluding carboxylic acids is 1. The van der Waals surface area contributed by atoms with E-state index in [-0.39, 0.29) is 0 Å². The van der Waals surface area contributed by atoms with Crippen molar-refractivity contribution in [3.05, 3.63) is 34.7 Å². The van der Waals surface area contributed by atoms with E-state index in [9.17, 15) is 4.79 Å².